The van der Waals surface area contributed by atoms with E-state index in [1.165, 1.54) is 0 Å². The van der Waals surface area contributed by atoms with E-state index < -0.39 is 5.60 Å². The number of carbonyl (C=O) groups excluding carboxylic acids is 1. The molecule has 0 bridgehead atoms. The van der Waals surface area contributed by atoms with Crippen LogP contribution in [-0.4, -0.2) is 23.5 Å². The molecule has 0 atom stereocenters. The summed E-state index contributed by atoms with van der Waals surface area (Å²) in [5, 5.41) is 0.998. The first kappa shape index (κ1) is 12.3. The van der Waals surface area contributed by atoms with Crippen molar-refractivity contribution in [2.75, 3.05) is 7.11 Å². The predicted octanol–water partition coefficient (Wildman–Crippen LogP) is 3.38. The molecule has 0 unspecified atom stereocenters. The van der Waals surface area contributed by atoms with E-state index in [9.17, 15) is 4.79 Å². The number of fused-ring (bicyclic) bond motifs is 1. The second-order valence-corrected chi connectivity index (χ2v) is 5.15. The molecule has 0 N–H and O–H groups in total. The van der Waals surface area contributed by atoms with Crippen LogP contribution in [0.25, 0.3) is 10.9 Å². The van der Waals surface area contributed by atoms with E-state index in [-0.39, 0.29) is 5.78 Å². The first-order valence-electron chi connectivity index (χ1n) is 6.70. The highest BCUT2D eigenvalue weighted by molar-refractivity contribution is 6.04. The molecule has 0 spiro atoms. The molecule has 1 fully saturated rings. The lowest BCUT2D eigenvalue weighted by Gasteiger charge is -2.25. The van der Waals surface area contributed by atoms with Crippen LogP contribution in [0.5, 0.6) is 0 Å². The standard InChI is InChI=1S/C16H17NO2/c1-19-16(8-4-5-9-16)15(18)13-10-12-6-2-3-7-14(12)17-11-13/h2-3,6-7,10-11H,4-5,8-9H2,1H3. The van der Waals surface area contributed by atoms with Crippen LogP contribution in [0.2, 0.25) is 0 Å². The minimum absolute atomic E-state index is 0.0748. The lowest BCUT2D eigenvalue weighted by molar-refractivity contribution is 0.00601. The Bertz CT molecular complexity index is 615. The molecule has 1 aliphatic carbocycles. The number of pyridine rings is 1. The normalized spacial score (nSPS) is 17.7. The zero-order valence-electron chi connectivity index (χ0n) is 11.1. The third-order valence-electron chi connectivity index (χ3n) is 4.07. The number of aromatic nitrogens is 1. The van der Waals surface area contributed by atoms with Crippen molar-refractivity contribution in [2.24, 2.45) is 0 Å². The number of methoxy groups -OCH3 is 1. The fourth-order valence-electron chi connectivity index (χ4n) is 2.93. The minimum Gasteiger partial charge on any atom is -0.370 e. The second-order valence-electron chi connectivity index (χ2n) is 5.15. The molecule has 1 saturated carbocycles. The molecular weight excluding hydrogens is 238 g/mol. The Hall–Kier alpha value is -1.74. The number of Topliss-reactive ketones (excluding diaryl/α,β-unsaturated/α-hetero) is 1. The molecule has 98 valence electrons. The molecule has 0 amide bonds. The van der Waals surface area contributed by atoms with Crippen LogP contribution >= 0.6 is 0 Å². The van der Waals surface area contributed by atoms with E-state index >= 15 is 0 Å². The number of hydrogen-bond acceptors (Lipinski definition) is 3. The summed E-state index contributed by atoms with van der Waals surface area (Å²) in [5.74, 6) is 0.0748. The Balaban J connectivity index is 2.01. The van der Waals surface area contributed by atoms with Crippen molar-refractivity contribution in [3.63, 3.8) is 0 Å². The molecule has 1 aromatic carbocycles. The van der Waals surface area contributed by atoms with E-state index in [4.69, 9.17) is 4.74 Å². The molecule has 0 radical (unpaired) electrons. The zero-order valence-corrected chi connectivity index (χ0v) is 11.1. The number of hydrogen-bond donors (Lipinski definition) is 0. The van der Waals surface area contributed by atoms with Crippen molar-refractivity contribution in [1.29, 1.82) is 0 Å². The molecule has 3 heteroatoms. The summed E-state index contributed by atoms with van der Waals surface area (Å²) in [4.78, 5) is 17.0. The molecular formula is C16H17NO2. The number of nitrogens with zero attached hydrogens (tertiary/aromatic N) is 1. The summed E-state index contributed by atoms with van der Waals surface area (Å²) < 4.78 is 5.55. The van der Waals surface area contributed by atoms with Gasteiger partial charge in [-0.3, -0.25) is 9.78 Å². The first-order chi connectivity index (χ1) is 9.25. The Morgan fingerprint density at radius 1 is 1.26 bits per heavy atom. The zero-order chi connectivity index (χ0) is 13.3. The fourth-order valence-corrected chi connectivity index (χ4v) is 2.93. The molecule has 3 rings (SSSR count). The highest BCUT2D eigenvalue weighted by Crippen LogP contribution is 2.35. The van der Waals surface area contributed by atoms with Crippen LogP contribution < -0.4 is 0 Å². The summed E-state index contributed by atoms with van der Waals surface area (Å²) in [7, 11) is 1.64. The third kappa shape index (κ3) is 2.04. The Morgan fingerprint density at radius 3 is 2.74 bits per heavy atom. The number of ketones is 1. The largest absolute Gasteiger partial charge is 0.370 e. The predicted molar refractivity (Wildman–Crippen MR) is 74.3 cm³/mol. The first-order valence-corrected chi connectivity index (χ1v) is 6.70. The summed E-state index contributed by atoms with van der Waals surface area (Å²) in [6, 6.07) is 9.76. The molecule has 19 heavy (non-hydrogen) atoms. The summed E-state index contributed by atoms with van der Waals surface area (Å²) >= 11 is 0. The van der Waals surface area contributed by atoms with Crippen molar-refractivity contribution in [2.45, 2.75) is 31.3 Å². The quantitative estimate of drug-likeness (QED) is 0.789. The molecule has 1 aromatic heterocycles. The number of ether oxygens (including phenoxy) is 1. The van der Waals surface area contributed by atoms with Crippen molar-refractivity contribution in [3.05, 3.63) is 42.1 Å². The van der Waals surface area contributed by atoms with Gasteiger partial charge in [-0.05, 0) is 37.8 Å². The van der Waals surface area contributed by atoms with Crippen LogP contribution in [0.15, 0.2) is 36.5 Å². The van der Waals surface area contributed by atoms with Gasteiger partial charge in [0, 0.05) is 24.3 Å². The smallest absolute Gasteiger partial charge is 0.196 e. The molecule has 2 aromatic rings. The van der Waals surface area contributed by atoms with E-state index in [2.05, 4.69) is 4.98 Å². The van der Waals surface area contributed by atoms with Gasteiger partial charge in [-0.2, -0.15) is 0 Å². The van der Waals surface area contributed by atoms with Gasteiger partial charge in [0.15, 0.2) is 5.78 Å². The number of para-hydroxylation sites is 1. The molecule has 3 nitrogen and oxygen atoms in total. The van der Waals surface area contributed by atoms with E-state index in [1.807, 2.05) is 30.3 Å². The lowest BCUT2D eigenvalue weighted by atomic mass is 9.91. The summed E-state index contributed by atoms with van der Waals surface area (Å²) in [5.41, 5.74) is 0.948. The molecule has 0 saturated heterocycles. The number of benzene rings is 1. The Labute approximate surface area is 112 Å². The maximum Gasteiger partial charge on any atom is 0.196 e. The van der Waals surface area contributed by atoms with Crippen LogP contribution in [0.1, 0.15) is 36.0 Å². The van der Waals surface area contributed by atoms with Gasteiger partial charge in [0.1, 0.15) is 5.60 Å². The van der Waals surface area contributed by atoms with Gasteiger partial charge < -0.3 is 4.74 Å². The van der Waals surface area contributed by atoms with Gasteiger partial charge in [-0.1, -0.05) is 18.2 Å². The lowest BCUT2D eigenvalue weighted by Crippen LogP contribution is -2.37. The van der Waals surface area contributed by atoms with Crippen LogP contribution in [0.4, 0.5) is 0 Å². The van der Waals surface area contributed by atoms with Crippen molar-refractivity contribution in [3.8, 4) is 0 Å². The number of carbonyl (C=O) groups is 1. The van der Waals surface area contributed by atoms with Crippen molar-refractivity contribution in [1.82, 2.24) is 4.98 Å². The van der Waals surface area contributed by atoms with Crippen LogP contribution in [-0.2, 0) is 4.74 Å². The molecule has 1 aliphatic rings. The number of rotatable bonds is 3. The Kier molecular flexibility index (Phi) is 3.07. The van der Waals surface area contributed by atoms with E-state index in [1.54, 1.807) is 13.3 Å². The van der Waals surface area contributed by atoms with Gasteiger partial charge in [-0.25, -0.2) is 0 Å². The van der Waals surface area contributed by atoms with Crippen LogP contribution in [0, 0.1) is 0 Å². The molecule has 0 aliphatic heterocycles. The third-order valence-corrected chi connectivity index (χ3v) is 4.07. The second kappa shape index (κ2) is 4.74. The fraction of sp³-hybridized carbons (Fsp3) is 0.375. The monoisotopic (exact) mass is 255 g/mol. The average molecular weight is 255 g/mol. The SMILES string of the molecule is COC1(C(=O)c2cnc3ccccc3c2)CCCC1. The van der Waals surface area contributed by atoms with Gasteiger partial charge in [-0.15, -0.1) is 0 Å². The Morgan fingerprint density at radius 2 is 2.00 bits per heavy atom. The van der Waals surface area contributed by atoms with Crippen LogP contribution in [0.3, 0.4) is 0 Å². The highest BCUT2D eigenvalue weighted by Gasteiger charge is 2.41. The summed E-state index contributed by atoms with van der Waals surface area (Å²) in [6.07, 6.45) is 5.41. The van der Waals surface area contributed by atoms with Gasteiger partial charge in [0.25, 0.3) is 0 Å². The van der Waals surface area contributed by atoms with Gasteiger partial charge in [0.05, 0.1) is 5.52 Å². The average Bonchev–Trinajstić information content (AvgIpc) is 2.96. The van der Waals surface area contributed by atoms with Gasteiger partial charge >= 0.3 is 0 Å². The van der Waals surface area contributed by atoms with E-state index in [0.717, 1.165) is 36.6 Å². The summed E-state index contributed by atoms with van der Waals surface area (Å²) in [6.45, 7) is 0. The highest BCUT2D eigenvalue weighted by atomic mass is 16.5. The van der Waals surface area contributed by atoms with Crippen molar-refractivity contribution < 1.29 is 9.53 Å². The maximum atomic E-state index is 12.7. The topological polar surface area (TPSA) is 39.2 Å². The minimum atomic E-state index is -0.621. The maximum absolute atomic E-state index is 12.7. The van der Waals surface area contributed by atoms with Crippen molar-refractivity contribution >= 4 is 16.7 Å². The van der Waals surface area contributed by atoms with E-state index in [0.29, 0.717) is 5.56 Å². The molecule has 1 heterocycles. The van der Waals surface area contributed by atoms with Gasteiger partial charge in [0.2, 0.25) is 0 Å².